The van der Waals surface area contributed by atoms with E-state index in [4.69, 9.17) is 5.73 Å². The maximum Gasteiger partial charge on any atom is 0.418 e. The molecule has 1 amide bonds. The molecule has 2 fully saturated rings. The minimum absolute atomic E-state index is 0.183. The van der Waals surface area contributed by atoms with Crippen LogP contribution in [-0.2, 0) is 10.3 Å². The molecule has 3 atom stereocenters. The number of β-amino-alcohol motifs (C(OH)–C–C–N with tert-alkyl or cyclic N) is 1. The van der Waals surface area contributed by atoms with Crippen molar-refractivity contribution in [1.29, 1.82) is 0 Å². The van der Waals surface area contributed by atoms with Crippen LogP contribution in [0, 0.1) is 11.7 Å². The molecule has 0 spiro atoms. The zero-order valence-corrected chi connectivity index (χ0v) is 17.8. The van der Waals surface area contributed by atoms with Gasteiger partial charge in [-0.2, -0.15) is 13.2 Å². The first-order valence-electron chi connectivity index (χ1n) is 10.8. The molecule has 2 aliphatic rings. The Hall–Kier alpha value is -2.56. The van der Waals surface area contributed by atoms with Crippen LogP contribution in [0.1, 0.15) is 43.2 Å². The number of pyridine rings is 1. The standard InChI is InChI=1S/C23H26F4N4O2/c24-17-4-3-16(22(28,8-5-14-1-2-14)15-6-9-29-10-7-15)11-18(17)31-20(32)19-12-21(33,13-30-19)23(25,26)27/h3-4,6-7,9-11,14,19,30,33H,1-2,5,8,12-13,28H2,(H,31,32). The Kier molecular flexibility index (Phi) is 6.19. The van der Waals surface area contributed by atoms with Crippen molar-refractivity contribution in [3.05, 3.63) is 59.7 Å². The van der Waals surface area contributed by atoms with Gasteiger partial charge < -0.3 is 21.5 Å². The lowest BCUT2D eigenvalue weighted by Gasteiger charge is -2.31. The first-order valence-corrected chi connectivity index (χ1v) is 10.8. The molecule has 1 aromatic heterocycles. The number of amides is 1. The number of aromatic nitrogens is 1. The van der Waals surface area contributed by atoms with Crippen molar-refractivity contribution in [3.63, 3.8) is 0 Å². The van der Waals surface area contributed by atoms with Crippen LogP contribution in [-0.4, -0.2) is 40.4 Å². The summed E-state index contributed by atoms with van der Waals surface area (Å²) in [6.45, 7) is -0.813. The van der Waals surface area contributed by atoms with Gasteiger partial charge in [0.1, 0.15) is 5.82 Å². The molecule has 178 valence electrons. The fraction of sp³-hybridized carbons (Fsp3) is 0.478. The highest BCUT2D eigenvalue weighted by Gasteiger charge is 2.58. The van der Waals surface area contributed by atoms with E-state index in [2.05, 4.69) is 15.6 Å². The van der Waals surface area contributed by atoms with Crippen molar-refractivity contribution in [2.75, 3.05) is 11.9 Å². The Morgan fingerprint density at radius 3 is 2.52 bits per heavy atom. The molecule has 1 aliphatic carbocycles. The number of carbonyl (C=O) groups is 1. The highest BCUT2D eigenvalue weighted by atomic mass is 19.4. The van der Waals surface area contributed by atoms with E-state index in [1.807, 2.05) is 0 Å². The minimum Gasteiger partial charge on any atom is -0.379 e. The summed E-state index contributed by atoms with van der Waals surface area (Å²) < 4.78 is 53.7. The van der Waals surface area contributed by atoms with Crippen molar-refractivity contribution in [2.45, 2.75) is 55.5 Å². The molecule has 10 heteroatoms. The van der Waals surface area contributed by atoms with E-state index in [0.29, 0.717) is 17.9 Å². The molecule has 4 rings (SSSR count). The normalized spacial score (nSPS) is 25.0. The van der Waals surface area contributed by atoms with E-state index in [9.17, 15) is 27.5 Å². The van der Waals surface area contributed by atoms with E-state index >= 15 is 0 Å². The second-order valence-electron chi connectivity index (χ2n) is 9.04. The van der Waals surface area contributed by atoms with Gasteiger partial charge in [-0.15, -0.1) is 0 Å². The maximum atomic E-state index is 14.6. The van der Waals surface area contributed by atoms with Crippen LogP contribution in [0.25, 0.3) is 0 Å². The lowest BCUT2D eigenvalue weighted by Crippen LogP contribution is -2.46. The lowest BCUT2D eigenvalue weighted by molar-refractivity contribution is -0.252. The van der Waals surface area contributed by atoms with Crippen LogP contribution in [0.3, 0.4) is 0 Å². The number of carbonyl (C=O) groups excluding carboxylic acids is 1. The lowest BCUT2D eigenvalue weighted by atomic mass is 9.79. The molecule has 1 aliphatic heterocycles. The third-order valence-electron chi connectivity index (χ3n) is 6.61. The fourth-order valence-corrected chi connectivity index (χ4v) is 4.24. The number of benzene rings is 1. The topological polar surface area (TPSA) is 100 Å². The molecular formula is C23H26F4N4O2. The van der Waals surface area contributed by atoms with Gasteiger partial charge in [0.25, 0.3) is 0 Å². The zero-order chi connectivity index (χ0) is 23.9. The summed E-state index contributed by atoms with van der Waals surface area (Å²) >= 11 is 0. The van der Waals surface area contributed by atoms with Gasteiger partial charge >= 0.3 is 6.18 Å². The number of anilines is 1. The number of nitrogens with two attached hydrogens (primary N) is 1. The van der Waals surface area contributed by atoms with E-state index in [1.165, 1.54) is 12.1 Å². The minimum atomic E-state index is -4.88. The summed E-state index contributed by atoms with van der Waals surface area (Å²) in [7, 11) is 0. The number of aliphatic hydroxyl groups is 1. The van der Waals surface area contributed by atoms with Gasteiger partial charge in [0.2, 0.25) is 5.91 Å². The van der Waals surface area contributed by atoms with Crippen LogP contribution in [0.2, 0.25) is 0 Å². The Morgan fingerprint density at radius 2 is 1.91 bits per heavy atom. The quantitative estimate of drug-likeness (QED) is 0.470. The third-order valence-corrected chi connectivity index (χ3v) is 6.61. The highest BCUT2D eigenvalue weighted by molar-refractivity contribution is 5.95. The van der Waals surface area contributed by atoms with Crippen LogP contribution < -0.4 is 16.4 Å². The average Bonchev–Trinajstić information content (AvgIpc) is 3.52. The number of alkyl halides is 3. The highest BCUT2D eigenvalue weighted by Crippen LogP contribution is 2.41. The number of halogens is 4. The van der Waals surface area contributed by atoms with E-state index in [0.717, 1.165) is 24.8 Å². The molecule has 3 unspecified atom stereocenters. The maximum absolute atomic E-state index is 14.6. The molecule has 2 aromatic rings. The van der Waals surface area contributed by atoms with Crippen molar-refractivity contribution >= 4 is 11.6 Å². The number of nitrogens with zero attached hydrogens (tertiary/aromatic N) is 1. The molecule has 2 heterocycles. The monoisotopic (exact) mass is 466 g/mol. The summed E-state index contributed by atoms with van der Waals surface area (Å²) in [5.41, 5.74) is 4.04. The number of nitrogens with one attached hydrogen (secondary N) is 2. The third kappa shape index (κ3) is 4.87. The molecule has 0 bridgehead atoms. The predicted molar refractivity (Wildman–Crippen MR) is 114 cm³/mol. The Morgan fingerprint density at radius 1 is 1.21 bits per heavy atom. The average molecular weight is 466 g/mol. The molecule has 1 saturated carbocycles. The van der Waals surface area contributed by atoms with Gasteiger partial charge in [-0.05, 0) is 54.2 Å². The first kappa shape index (κ1) is 23.6. The van der Waals surface area contributed by atoms with Crippen molar-refractivity contribution in [3.8, 4) is 0 Å². The Labute approximate surface area is 188 Å². The van der Waals surface area contributed by atoms with E-state index < -0.39 is 48.0 Å². The van der Waals surface area contributed by atoms with Crippen molar-refractivity contribution < 1.29 is 27.5 Å². The molecule has 1 saturated heterocycles. The van der Waals surface area contributed by atoms with Crippen LogP contribution >= 0.6 is 0 Å². The van der Waals surface area contributed by atoms with Gasteiger partial charge in [-0.25, -0.2) is 4.39 Å². The summed E-state index contributed by atoms with van der Waals surface area (Å²) in [6, 6.07) is 6.40. The second kappa shape index (κ2) is 8.66. The molecule has 1 aromatic carbocycles. The van der Waals surface area contributed by atoms with Gasteiger partial charge in [0, 0.05) is 25.4 Å². The van der Waals surface area contributed by atoms with Gasteiger partial charge in [-0.3, -0.25) is 9.78 Å². The number of hydrogen-bond donors (Lipinski definition) is 4. The van der Waals surface area contributed by atoms with Crippen LogP contribution in [0.5, 0.6) is 0 Å². The summed E-state index contributed by atoms with van der Waals surface area (Å²) in [6.07, 6.45) is 1.28. The molecule has 33 heavy (non-hydrogen) atoms. The first-order chi connectivity index (χ1) is 15.5. The summed E-state index contributed by atoms with van der Waals surface area (Å²) in [4.78, 5) is 16.6. The number of rotatable bonds is 7. The van der Waals surface area contributed by atoms with Gasteiger partial charge in [-0.1, -0.05) is 18.9 Å². The van der Waals surface area contributed by atoms with Crippen molar-refractivity contribution in [1.82, 2.24) is 10.3 Å². The largest absolute Gasteiger partial charge is 0.418 e. The van der Waals surface area contributed by atoms with Crippen LogP contribution in [0.15, 0.2) is 42.7 Å². The number of hydrogen-bond acceptors (Lipinski definition) is 5. The summed E-state index contributed by atoms with van der Waals surface area (Å²) in [5, 5.41) is 14.5. The Balaban J connectivity index is 1.57. The van der Waals surface area contributed by atoms with Gasteiger partial charge in [0.05, 0.1) is 17.3 Å². The van der Waals surface area contributed by atoms with Crippen molar-refractivity contribution in [2.24, 2.45) is 11.7 Å². The Bertz CT molecular complexity index is 1020. The SMILES string of the molecule is NC(CCC1CC1)(c1ccncc1)c1ccc(F)c(NC(=O)C2CC(O)(C(F)(F)F)CN2)c1. The smallest absolute Gasteiger partial charge is 0.379 e. The predicted octanol–water partition coefficient (Wildman–Crippen LogP) is 3.21. The van der Waals surface area contributed by atoms with Gasteiger partial charge in [0.15, 0.2) is 5.60 Å². The van der Waals surface area contributed by atoms with E-state index in [-0.39, 0.29) is 5.69 Å². The summed E-state index contributed by atoms with van der Waals surface area (Å²) in [5.74, 6) is -0.999. The molecule has 5 N–H and O–H groups in total. The fourth-order valence-electron chi connectivity index (χ4n) is 4.24. The van der Waals surface area contributed by atoms with E-state index in [1.54, 1.807) is 30.6 Å². The zero-order valence-electron chi connectivity index (χ0n) is 17.8. The molecule has 0 radical (unpaired) electrons. The molecular weight excluding hydrogens is 440 g/mol. The molecule has 6 nitrogen and oxygen atoms in total. The second-order valence-corrected chi connectivity index (χ2v) is 9.04. The van der Waals surface area contributed by atoms with Crippen LogP contribution in [0.4, 0.5) is 23.2 Å².